The Balaban J connectivity index is 1.60. The Morgan fingerprint density at radius 1 is 0.724 bits per heavy atom. The van der Waals surface area contributed by atoms with E-state index < -0.39 is 0 Å². The lowest BCUT2D eigenvalue weighted by Crippen LogP contribution is -2.17. The van der Waals surface area contributed by atoms with Crippen molar-refractivity contribution in [3.8, 4) is 11.8 Å². The minimum absolute atomic E-state index is 0.171. The summed E-state index contributed by atoms with van der Waals surface area (Å²) >= 11 is 0. The third-order valence-electron chi connectivity index (χ3n) is 4.88. The topological polar surface area (TPSA) is 86.4 Å². The molecule has 0 bridgehead atoms. The molecule has 29 heavy (non-hydrogen) atoms. The van der Waals surface area contributed by atoms with Crippen LogP contribution in [0.25, 0.3) is 22.1 Å². The summed E-state index contributed by atoms with van der Waals surface area (Å²) in [5.41, 5.74) is 4.94. The van der Waals surface area contributed by atoms with Gasteiger partial charge in [0.25, 0.3) is 0 Å². The SMILES string of the molecule is O=c1[nH]c2cccc(C#Cc3cccc4c3[nH]c(=O)n4Cc3ccccc3)c2[nH]1. The Morgan fingerprint density at radius 2 is 1.45 bits per heavy atom. The maximum absolute atomic E-state index is 12.6. The summed E-state index contributed by atoms with van der Waals surface area (Å²) in [6, 6.07) is 21.0. The van der Waals surface area contributed by atoms with Crippen LogP contribution in [0.15, 0.2) is 76.3 Å². The van der Waals surface area contributed by atoms with Gasteiger partial charge in [0, 0.05) is 0 Å². The average Bonchev–Trinajstić information content (AvgIpc) is 3.27. The first-order chi connectivity index (χ1) is 14.2. The first kappa shape index (κ1) is 16.9. The molecule has 0 aliphatic heterocycles. The van der Waals surface area contributed by atoms with Gasteiger partial charge in [0.05, 0.1) is 39.7 Å². The zero-order valence-electron chi connectivity index (χ0n) is 15.3. The fourth-order valence-corrected chi connectivity index (χ4v) is 3.50. The van der Waals surface area contributed by atoms with E-state index in [2.05, 4.69) is 26.8 Å². The van der Waals surface area contributed by atoms with Crippen molar-refractivity contribution in [3.05, 3.63) is 104 Å². The second kappa shape index (κ2) is 6.73. The lowest BCUT2D eigenvalue weighted by Gasteiger charge is -2.03. The Hall–Kier alpha value is -4.24. The van der Waals surface area contributed by atoms with Gasteiger partial charge in [-0.25, -0.2) is 9.59 Å². The van der Waals surface area contributed by atoms with Crippen LogP contribution >= 0.6 is 0 Å². The molecule has 6 heteroatoms. The normalized spacial score (nSPS) is 10.9. The highest BCUT2D eigenvalue weighted by Crippen LogP contribution is 2.17. The molecule has 0 aliphatic carbocycles. The van der Waals surface area contributed by atoms with Gasteiger partial charge in [0.2, 0.25) is 0 Å². The molecule has 5 aromatic rings. The maximum Gasteiger partial charge on any atom is 0.326 e. The molecule has 0 unspecified atom stereocenters. The molecule has 0 aliphatic rings. The van der Waals surface area contributed by atoms with Gasteiger partial charge < -0.3 is 15.0 Å². The lowest BCUT2D eigenvalue weighted by atomic mass is 10.1. The molecule has 2 aromatic heterocycles. The highest BCUT2D eigenvalue weighted by molar-refractivity contribution is 5.84. The number of rotatable bonds is 2. The maximum atomic E-state index is 12.6. The van der Waals surface area contributed by atoms with E-state index in [1.54, 1.807) is 4.57 Å². The average molecular weight is 380 g/mol. The monoisotopic (exact) mass is 380 g/mol. The summed E-state index contributed by atoms with van der Waals surface area (Å²) in [6.45, 7) is 0.487. The van der Waals surface area contributed by atoms with E-state index in [-0.39, 0.29) is 11.4 Å². The summed E-state index contributed by atoms with van der Waals surface area (Å²) in [5, 5.41) is 0. The number of imidazole rings is 2. The van der Waals surface area contributed by atoms with Gasteiger partial charge in [-0.3, -0.25) is 4.57 Å². The van der Waals surface area contributed by atoms with Crippen molar-refractivity contribution in [2.75, 3.05) is 0 Å². The predicted octanol–water partition coefficient (Wildman–Crippen LogP) is 2.95. The molecule has 5 rings (SSSR count). The summed E-state index contributed by atoms with van der Waals surface area (Å²) in [5.74, 6) is 6.26. The van der Waals surface area contributed by atoms with Crippen LogP contribution in [0.5, 0.6) is 0 Å². The summed E-state index contributed by atoms with van der Waals surface area (Å²) < 4.78 is 1.71. The van der Waals surface area contributed by atoms with Crippen molar-refractivity contribution in [1.82, 2.24) is 19.5 Å². The molecule has 0 saturated heterocycles. The second-order valence-corrected chi connectivity index (χ2v) is 6.76. The lowest BCUT2D eigenvalue weighted by molar-refractivity contribution is 0.787. The van der Waals surface area contributed by atoms with Crippen LogP contribution in [0.2, 0.25) is 0 Å². The minimum Gasteiger partial charge on any atom is -0.306 e. The number of benzene rings is 3. The fraction of sp³-hybridized carbons (Fsp3) is 0.0435. The van der Waals surface area contributed by atoms with Crippen LogP contribution in [-0.2, 0) is 6.54 Å². The molecule has 3 N–H and O–H groups in total. The van der Waals surface area contributed by atoms with Crippen LogP contribution < -0.4 is 11.4 Å². The molecule has 0 radical (unpaired) electrons. The number of nitrogens with zero attached hydrogens (tertiary/aromatic N) is 1. The van der Waals surface area contributed by atoms with Crippen LogP contribution in [0.1, 0.15) is 16.7 Å². The van der Waals surface area contributed by atoms with Crippen molar-refractivity contribution in [2.45, 2.75) is 6.54 Å². The first-order valence-corrected chi connectivity index (χ1v) is 9.17. The third kappa shape index (κ3) is 3.05. The molecular formula is C23H16N4O2. The van der Waals surface area contributed by atoms with Gasteiger partial charge >= 0.3 is 11.4 Å². The number of hydrogen-bond acceptors (Lipinski definition) is 2. The third-order valence-corrected chi connectivity index (χ3v) is 4.88. The van der Waals surface area contributed by atoms with Gasteiger partial charge in [0.1, 0.15) is 0 Å². The molecule has 0 fully saturated rings. The minimum atomic E-state index is -0.265. The largest absolute Gasteiger partial charge is 0.326 e. The smallest absolute Gasteiger partial charge is 0.306 e. The van der Waals surface area contributed by atoms with E-state index >= 15 is 0 Å². The van der Waals surface area contributed by atoms with E-state index in [4.69, 9.17) is 0 Å². The van der Waals surface area contributed by atoms with E-state index in [0.29, 0.717) is 28.7 Å². The Labute approximate surface area is 164 Å². The summed E-state index contributed by atoms with van der Waals surface area (Å²) in [7, 11) is 0. The zero-order valence-corrected chi connectivity index (χ0v) is 15.3. The van der Waals surface area contributed by atoms with Gasteiger partial charge in [0.15, 0.2) is 0 Å². The van der Waals surface area contributed by atoms with Crippen molar-refractivity contribution in [3.63, 3.8) is 0 Å². The van der Waals surface area contributed by atoms with Crippen molar-refractivity contribution >= 4 is 22.1 Å². The van der Waals surface area contributed by atoms with Gasteiger partial charge in [-0.1, -0.05) is 54.3 Å². The van der Waals surface area contributed by atoms with E-state index in [1.807, 2.05) is 66.7 Å². The standard InChI is InChI=1S/C23H16N4O2/c28-22-24-18-10-4-8-16(20(18)25-22)12-13-17-9-5-11-19-21(17)26-23(29)27(19)14-15-6-2-1-3-7-15/h1-11H,14H2,(H,26,29)(H2,24,25,28). The van der Waals surface area contributed by atoms with Crippen molar-refractivity contribution in [2.24, 2.45) is 0 Å². The van der Waals surface area contributed by atoms with Gasteiger partial charge in [-0.05, 0) is 29.8 Å². The molecular weight excluding hydrogens is 364 g/mol. The zero-order chi connectivity index (χ0) is 19.8. The van der Waals surface area contributed by atoms with Crippen LogP contribution in [0.3, 0.4) is 0 Å². The van der Waals surface area contributed by atoms with Crippen LogP contribution in [0, 0.1) is 11.8 Å². The summed E-state index contributed by atoms with van der Waals surface area (Å²) in [4.78, 5) is 32.6. The molecule has 6 nitrogen and oxygen atoms in total. The van der Waals surface area contributed by atoms with E-state index in [9.17, 15) is 9.59 Å². The molecule has 0 saturated carbocycles. The molecule has 0 spiro atoms. The number of nitrogens with one attached hydrogen (secondary N) is 3. The Kier molecular flexibility index (Phi) is 3.92. The fourth-order valence-electron chi connectivity index (χ4n) is 3.50. The van der Waals surface area contributed by atoms with E-state index in [1.165, 1.54) is 0 Å². The highest BCUT2D eigenvalue weighted by atomic mass is 16.1. The Bertz CT molecular complexity index is 1520. The molecule has 2 heterocycles. The number of H-pyrrole nitrogens is 3. The Morgan fingerprint density at radius 3 is 2.24 bits per heavy atom. The molecule has 0 atom stereocenters. The molecule has 3 aromatic carbocycles. The number of fused-ring (bicyclic) bond motifs is 2. The highest BCUT2D eigenvalue weighted by Gasteiger charge is 2.10. The molecule has 0 amide bonds. The molecule has 140 valence electrons. The predicted molar refractivity (Wildman–Crippen MR) is 113 cm³/mol. The number of aromatic nitrogens is 4. The summed E-state index contributed by atoms with van der Waals surface area (Å²) in [6.07, 6.45) is 0. The van der Waals surface area contributed by atoms with Crippen LogP contribution in [-0.4, -0.2) is 19.5 Å². The second-order valence-electron chi connectivity index (χ2n) is 6.76. The van der Waals surface area contributed by atoms with E-state index in [0.717, 1.165) is 16.6 Å². The number of aromatic amines is 3. The van der Waals surface area contributed by atoms with Crippen molar-refractivity contribution in [1.29, 1.82) is 0 Å². The quantitative estimate of drug-likeness (QED) is 0.411. The number of hydrogen-bond donors (Lipinski definition) is 3. The van der Waals surface area contributed by atoms with Crippen molar-refractivity contribution < 1.29 is 0 Å². The van der Waals surface area contributed by atoms with Crippen LogP contribution in [0.4, 0.5) is 0 Å². The number of para-hydroxylation sites is 2. The van der Waals surface area contributed by atoms with Gasteiger partial charge in [-0.2, -0.15) is 0 Å². The van der Waals surface area contributed by atoms with Gasteiger partial charge in [-0.15, -0.1) is 0 Å². The first-order valence-electron chi connectivity index (χ1n) is 9.17.